The summed E-state index contributed by atoms with van der Waals surface area (Å²) in [4.78, 5) is 10.5. The predicted molar refractivity (Wildman–Crippen MR) is 81.5 cm³/mol. The van der Waals surface area contributed by atoms with E-state index >= 15 is 0 Å². The standard InChI is InChI=1S/C9H11ClO3.C4H3BrS/c1-12-8-4-3-7(6-11)5-9(8,10)13-2;5-4-2-1-3-6-4/h3-4,6H,5H2,1-2H3;1-3H. The van der Waals surface area contributed by atoms with E-state index in [0.29, 0.717) is 17.8 Å². The quantitative estimate of drug-likeness (QED) is 0.596. The van der Waals surface area contributed by atoms with Crippen LogP contribution in [0.3, 0.4) is 0 Å². The molecule has 19 heavy (non-hydrogen) atoms. The fraction of sp³-hybridized carbons (Fsp3) is 0.308. The van der Waals surface area contributed by atoms with E-state index in [-0.39, 0.29) is 0 Å². The van der Waals surface area contributed by atoms with Crippen molar-refractivity contribution >= 4 is 45.2 Å². The van der Waals surface area contributed by atoms with Crippen LogP contribution in [0.2, 0.25) is 0 Å². The van der Waals surface area contributed by atoms with Gasteiger partial charge in [0.05, 0.1) is 10.9 Å². The van der Waals surface area contributed by atoms with Crippen LogP contribution in [0.1, 0.15) is 6.42 Å². The van der Waals surface area contributed by atoms with Gasteiger partial charge in [0, 0.05) is 13.5 Å². The highest BCUT2D eigenvalue weighted by Crippen LogP contribution is 2.35. The number of thiophene rings is 1. The number of alkyl halides is 1. The highest BCUT2D eigenvalue weighted by molar-refractivity contribution is 9.11. The van der Waals surface area contributed by atoms with Crippen molar-refractivity contribution in [2.75, 3.05) is 14.2 Å². The smallest absolute Gasteiger partial charge is 0.202 e. The SMILES string of the molecule is Brc1cccs1.COC1=CC=C(C=O)CC1(Cl)OC. The summed E-state index contributed by atoms with van der Waals surface area (Å²) in [6.45, 7) is 0. The van der Waals surface area contributed by atoms with Crippen molar-refractivity contribution in [3.8, 4) is 0 Å². The normalized spacial score (nSPS) is 21.7. The Labute approximate surface area is 130 Å². The van der Waals surface area contributed by atoms with Gasteiger partial charge in [0.25, 0.3) is 0 Å². The molecule has 6 heteroatoms. The summed E-state index contributed by atoms with van der Waals surface area (Å²) in [7, 11) is 3.00. The number of allylic oxidation sites excluding steroid dienone is 2. The molecule has 3 nitrogen and oxygen atoms in total. The Morgan fingerprint density at radius 1 is 1.47 bits per heavy atom. The van der Waals surface area contributed by atoms with Crippen LogP contribution in [0, 0.1) is 0 Å². The molecule has 0 radical (unpaired) electrons. The summed E-state index contributed by atoms with van der Waals surface area (Å²) >= 11 is 11.1. The van der Waals surface area contributed by atoms with Crippen LogP contribution in [0.5, 0.6) is 0 Å². The van der Waals surface area contributed by atoms with E-state index in [1.54, 1.807) is 23.5 Å². The summed E-state index contributed by atoms with van der Waals surface area (Å²) in [5, 5.41) is 1.00. The molecule has 0 bridgehead atoms. The van der Waals surface area contributed by atoms with Crippen LogP contribution in [0.4, 0.5) is 0 Å². The molecule has 0 fully saturated rings. The van der Waals surface area contributed by atoms with E-state index in [2.05, 4.69) is 15.9 Å². The zero-order valence-electron chi connectivity index (χ0n) is 10.6. The van der Waals surface area contributed by atoms with Crippen LogP contribution in [-0.2, 0) is 14.3 Å². The summed E-state index contributed by atoms with van der Waals surface area (Å²) in [6.07, 6.45) is 4.41. The number of rotatable bonds is 3. The first-order chi connectivity index (χ1) is 9.05. The Morgan fingerprint density at radius 2 is 2.21 bits per heavy atom. The van der Waals surface area contributed by atoms with Crippen molar-refractivity contribution in [2.24, 2.45) is 0 Å². The monoisotopic (exact) mass is 364 g/mol. The van der Waals surface area contributed by atoms with Gasteiger partial charge in [0.2, 0.25) is 5.06 Å². The van der Waals surface area contributed by atoms with E-state index in [4.69, 9.17) is 21.1 Å². The molecule has 0 aliphatic heterocycles. The van der Waals surface area contributed by atoms with Crippen LogP contribution >= 0.6 is 38.9 Å². The van der Waals surface area contributed by atoms with E-state index in [1.165, 1.54) is 18.0 Å². The van der Waals surface area contributed by atoms with E-state index in [9.17, 15) is 4.79 Å². The molecule has 0 saturated heterocycles. The lowest BCUT2D eigenvalue weighted by Gasteiger charge is -2.29. The van der Waals surface area contributed by atoms with Crippen molar-refractivity contribution in [3.05, 3.63) is 44.8 Å². The Hall–Kier alpha value is -0.620. The Kier molecular flexibility index (Phi) is 6.79. The fourth-order valence-electron chi connectivity index (χ4n) is 1.45. The molecule has 1 aliphatic carbocycles. The second-order valence-corrected chi connectivity index (χ2v) is 6.56. The van der Waals surface area contributed by atoms with E-state index in [0.717, 1.165) is 6.29 Å². The van der Waals surface area contributed by atoms with Crippen LogP contribution < -0.4 is 0 Å². The molecule has 1 aliphatic rings. The molecule has 1 unspecified atom stereocenters. The summed E-state index contributed by atoms with van der Waals surface area (Å²) < 4.78 is 11.3. The lowest BCUT2D eigenvalue weighted by atomic mass is 10.0. The van der Waals surface area contributed by atoms with E-state index in [1.807, 2.05) is 17.5 Å². The van der Waals surface area contributed by atoms with Gasteiger partial charge in [-0.3, -0.25) is 4.79 Å². The molecule has 0 N–H and O–H groups in total. The number of hydrogen-bond donors (Lipinski definition) is 0. The van der Waals surface area contributed by atoms with Crippen molar-refractivity contribution < 1.29 is 14.3 Å². The maximum atomic E-state index is 10.5. The molecule has 0 spiro atoms. The first-order valence-corrected chi connectivity index (χ1v) is 7.44. The largest absolute Gasteiger partial charge is 0.497 e. The van der Waals surface area contributed by atoms with Gasteiger partial charge in [-0.2, -0.15) is 0 Å². The molecule has 2 rings (SSSR count). The third-order valence-corrected chi connectivity index (χ3v) is 4.38. The molecular weight excluding hydrogens is 352 g/mol. The van der Waals surface area contributed by atoms with Gasteiger partial charge >= 0.3 is 0 Å². The Balaban J connectivity index is 0.000000250. The fourth-order valence-corrected chi connectivity index (χ4v) is 2.66. The van der Waals surface area contributed by atoms with Gasteiger partial charge < -0.3 is 9.47 Å². The van der Waals surface area contributed by atoms with Gasteiger partial charge in [-0.25, -0.2) is 0 Å². The molecule has 0 saturated carbocycles. The zero-order chi connectivity index (χ0) is 14.3. The molecule has 1 atom stereocenters. The number of halogens is 2. The van der Waals surface area contributed by atoms with Crippen molar-refractivity contribution in [1.82, 2.24) is 0 Å². The molecule has 1 aromatic rings. The summed E-state index contributed by atoms with van der Waals surface area (Å²) in [6, 6.07) is 4.03. The minimum Gasteiger partial charge on any atom is -0.497 e. The molecule has 1 heterocycles. The molecule has 1 aromatic heterocycles. The predicted octanol–water partition coefficient (Wildman–Crippen LogP) is 4.14. The van der Waals surface area contributed by atoms with Gasteiger partial charge in [-0.1, -0.05) is 23.7 Å². The van der Waals surface area contributed by atoms with Crippen molar-refractivity contribution in [2.45, 2.75) is 11.5 Å². The minimum atomic E-state index is -1.03. The molecule has 0 aromatic carbocycles. The zero-order valence-corrected chi connectivity index (χ0v) is 13.7. The molecule has 0 amide bonds. The third-order valence-electron chi connectivity index (χ3n) is 2.43. The number of hydrogen-bond acceptors (Lipinski definition) is 4. The number of aldehydes is 1. The number of ether oxygens (including phenoxy) is 2. The molecule has 104 valence electrons. The van der Waals surface area contributed by atoms with Gasteiger partial charge in [-0.15, -0.1) is 11.3 Å². The third kappa shape index (κ3) is 4.76. The average molecular weight is 366 g/mol. The second kappa shape index (κ2) is 7.85. The highest BCUT2D eigenvalue weighted by Gasteiger charge is 2.36. The maximum absolute atomic E-state index is 10.5. The first kappa shape index (κ1) is 16.4. The van der Waals surface area contributed by atoms with Crippen LogP contribution in [0.15, 0.2) is 44.8 Å². The van der Waals surface area contributed by atoms with Gasteiger partial charge in [0.1, 0.15) is 12.0 Å². The van der Waals surface area contributed by atoms with Crippen LogP contribution in [-0.4, -0.2) is 25.6 Å². The maximum Gasteiger partial charge on any atom is 0.202 e. The first-order valence-electron chi connectivity index (χ1n) is 5.39. The lowest BCUT2D eigenvalue weighted by Crippen LogP contribution is -2.30. The minimum absolute atomic E-state index is 0.328. The van der Waals surface area contributed by atoms with Crippen molar-refractivity contribution in [1.29, 1.82) is 0 Å². The number of methoxy groups -OCH3 is 2. The lowest BCUT2D eigenvalue weighted by molar-refractivity contribution is -0.105. The van der Waals surface area contributed by atoms with Crippen LogP contribution in [0.25, 0.3) is 0 Å². The number of carbonyl (C=O) groups is 1. The molecular formula is C13H14BrClO3S. The highest BCUT2D eigenvalue weighted by atomic mass is 79.9. The van der Waals surface area contributed by atoms with Gasteiger partial charge in [0.15, 0.2) is 0 Å². The van der Waals surface area contributed by atoms with Gasteiger partial charge in [-0.05, 0) is 39.0 Å². The summed E-state index contributed by atoms with van der Waals surface area (Å²) in [5.74, 6) is 0.516. The van der Waals surface area contributed by atoms with Crippen molar-refractivity contribution in [3.63, 3.8) is 0 Å². The average Bonchev–Trinajstić information content (AvgIpc) is 2.90. The Morgan fingerprint density at radius 3 is 2.58 bits per heavy atom. The van der Waals surface area contributed by atoms with E-state index < -0.39 is 5.06 Å². The second-order valence-electron chi connectivity index (χ2n) is 3.62. The summed E-state index contributed by atoms with van der Waals surface area (Å²) in [5.41, 5.74) is 0.595. The number of carbonyl (C=O) groups excluding carboxylic acids is 1. The Bertz CT molecular complexity index is 470. The topological polar surface area (TPSA) is 35.5 Å².